The van der Waals surface area contributed by atoms with E-state index in [9.17, 15) is 18.0 Å². The number of rotatable bonds is 8. The number of carbonyl (C=O) groups excluding carboxylic acids is 2. The molecule has 0 saturated carbocycles. The van der Waals surface area contributed by atoms with Crippen LogP contribution in [0.15, 0.2) is 89.8 Å². The topological polar surface area (TPSA) is 92.8 Å². The average Bonchev–Trinajstić information content (AvgIpc) is 2.80. The Morgan fingerprint density at radius 1 is 0.938 bits per heavy atom. The van der Waals surface area contributed by atoms with Crippen LogP contribution in [0.5, 0.6) is 0 Å². The van der Waals surface area contributed by atoms with E-state index in [1.54, 1.807) is 61.5 Å². The number of sulfonamides is 1. The van der Waals surface area contributed by atoms with E-state index < -0.39 is 28.0 Å². The molecular formula is C24H24N2O5S. The Balaban J connectivity index is 1.76. The average molecular weight is 453 g/mol. The van der Waals surface area contributed by atoms with Gasteiger partial charge < -0.3 is 10.1 Å². The summed E-state index contributed by atoms with van der Waals surface area (Å²) in [5.41, 5.74) is 1.14. The molecule has 8 heteroatoms. The number of para-hydroxylation sites is 2. The van der Waals surface area contributed by atoms with E-state index in [0.29, 0.717) is 11.4 Å². The molecule has 3 rings (SSSR count). The lowest BCUT2D eigenvalue weighted by atomic mass is 10.2. The van der Waals surface area contributed by atoms with Crippen molar-refractivity contribution in [2.75, 3.05) is 16.2 Å². The van der Waals surface area contributed by atoms with Crippen molar-refractivity contribution >= 4 is 33.3 Å². The molecule has 3 aromatic carbocycles. The molecule has 0 saturated heterocycles. The number of ether oxygens (including phenoxy) is 1. The summed E-state index contributed by atoms with van der Waals surface area (Å²) in [5.74, 6) is -1.28. The van der Waals surface area contributed by atoms with Gasteiger partial charge in [-0.3, -0.25) is 9.10 Å². The van der Waals surface area contributed by atoms with E-state index >= 15 is 0 Å². The van der Waals surface area contributed by atoms with Crippen molar-refractivity contribution in [1.29, 1.82) is 0 Å². The summed E-state index contributed by atoms with van der Waals surface area (Å²) in [4.78, 5) is 24.8. The van der Waals surface area contributed by atoms with Gasteiger partial charge >= 0.3 is 5.97 Å². The van der Waals surface area contributed by atoms with E-state index in [1.807, 2.05) is 6.07 Å². The summed E-state index contributed by atoms with van der Waals surface area (Å²) in [7, 11) is -3.90. The minimum atomic E-state index is -3.90. The predicted molar refractivity (Wildman–Crippen MR) is 123 cm³/mol. The molecule has 0 bridgehead atoms. The Labute approximate surface area is 187 Å². The Morgan fingerprint density at radius 2 is 1.56 bits per heavy atom. The number of esters is 1. The highest BCUT2D eigenvalue weighted by Crippen LogP contribution is 2.24. The fourth-order valence-corrected chi connectivity index (χ4v) is 4.56. The quantitative estimate of drug-likeness (QED) is 0.520. The van der Waals surface area contributed by atoms with Crippen molar-refractivity contribution in [3.05, 3.63) is 90.5 Å². The maximum absolute atomic E-state index is 13.2. The highest BCUT2D eigenvalue weighted by atomic mass is 32.2. The molecule has 7 nitrogen and oxygen atoms in total. The largest absolute Gasteiger partial charge is 0.449 e. The van der Waals surface area contributed by atoms with Gasteiger partial charge in [-0.05, 0) is 56.3 Å². The van der Waals surface area contributed by atoms with Gasteiger partial charge in [0, 0.05) is 12.2 Å². The molecule has 0 aliphatic heterocycles. The number of anilines is 2. The lowest BCUT2D eigenvalue weighted by molar-refractivity contribution is -0.123. The lowest BCUT2D eigenvalue weighted by Crippen LogP contribution is -2.31. The zero-order valence-electron chi connectivity index (χ0n) is 17.8. The van der Waals surface area contributed by atoms with Crippen LogP contribution in [0.2, 0.25) is 0 Å². The maximum Gasteiger partial charge on any atom is 0.338 e. The number of benzene rings is 3. The molecule has 0 unspecified atom stereocenters. The molecule has 0 heterocycles. The molecule has 1 N–H and O–H groups in total. The number of nitrogens with one attached hydrogen (secondary N) is 1. The van der Waals surface area contributed by atoms with Crippen molar-refractivity contribution < 1.29 is 22.7 Å². The minimum Gasteiger partial charge on any atom is -0.449 e. The molecule has 0 aliphatic carbocycles. The van der Waals surface area contributed by atoms with E-state index in [-0.39, 0.29) is 17.0 Å². The summed E-state index contributed by atoms with van der Waals surface area (Å²) in [6.07, 6.45) is -1.07. The second kappa shape index (κ2) is 10.1. The highest BCUT2D eigenvalue weighted by Gasteiger charge is 2.25. The van der Waals surface area contributed by atoms with Crippen molar-refractivity contribution in [3.8, 4) is 0 Å². The van der Waals surface area contributed by atoms with Gasteiger partial charge in [0.2, 0.25) is 0 Å². The summed E-state index contributed by atoms with van der Waals surface area (Å²) in [6, 6.07) is 23.1. The van der Waals surface area contributed by atoms with Gasteiger partial charge in [0.25, 0.3) is 15.9 Å². The first-order chi connectivity index (χ1) is 15.3. The second-order valence-corrected chi connectivity index (χ2v) is 8.80. The van der Waals surface area contributed by atoms with Crippen LogP contribution in [0.4, 0.5) is 11.4 Å². The molecule has 0 fully saturated rings. The summed E-state index contributed by atoms with van der Waals surface area (Å²) in [5, 5.41) is 2.66. The van der Waals surface area contributed by atoms with E-state index in [0.717, 1.165) is 0 Å². The lowest BCUT2D eigenvalue weighted by Gasteiger charge is -2.23. The van der Waals surface area contributed by atoms with E-state index in [1.165, 1.54) is 35.5 Å². The highest BCUT2D eigenvalue weighted by molar-refractivity contribution is 7.92. The molecule has 0 spiro atoms. The minimum absolute atomic E-state index is 0.0366. The Bertz CT molecular complexity index is 1180. The predicted octanol–water partition coefficient (Wildman–Crippen LogP) is 4.09. The molecule has 0 aliphatic rings. The van der Waals surface area contributed by atoms with Crippen LogP contribution in [0.1, 0.15) is 24.2 Å². The number of amides is 1. The standard InChI is InChI=1S/C24H24N2O5S/c1-3-26(21-14-8-5-9-15-21)32(29,30)22-16-10-11-19(17-22)24(28)31-18(2)23(27)25-20-12-6-4-7-13-20/h4-18H,3H2,1-2H3,(H,25,27)/t18-/m0/s1. The molecule has 1 amide bonds. The van der Waals surface area contributed by atoms with Crippen LogP contribution in [0.25, 0.3) is 0 Å². The summed E-state index contributed by atoms with van der Waals surface area (Å²) in [6.45, 7) is 3.40. The van der Waals surface area contributed by atoms with Gasteiger partial charge in [0.05, 0.1) is 16.1 Å². The third-order valence-electron chi connectivity index (χ3n) is 4.68. The van der Waals surface area contributed by atoms with Crippen molar-refractivity contribution in [3.63, 3.8) is 0 Å². The molecule has 166 valence electrons. The number of carbonyl (C=O) groups is 2. The van der Waals surface area contributed by atoms with Crippen LogP contribution < -0.4 is 9.62 Å². The molecule has 3 aromatic rings. The van der Waals surface area contributed by atoms with Gasteiger partial charge in [-0.15, -0.1) is 0 Å². The van der Waals surface area contributed by atoms with Gasteiger partial charge in [-0.2, -0.15) is 0 Å². The van der Waals surface area contributed by atoms with Crippen LogP contribution in [0, 0.1) is 0 Å². The van der Waals surface area contributed by atoms with Crippen molar-refractivity contribution in [2.45, 2.75) is 24.8 Å². The van der Waals surface area contributed by atoms with Crippen LogP contribution in [-0.4, -0.2) is 32.9 Å². The van der Waals surface area contributed by atoms with E-state index in [4.69, 9.17) is 4.74 Å². The first-order valence-corrected chi connectivity index (χ1v) is 11.5. The first kappa shape index (κ1) is 23.0. The maximum atomic E-state index is 13.2. The second-order valence-electron chi connectivity index (χ2n) is 6.94. The van der Waals surface area contributed by atoms with Crippen LogP contribution >= 0.6 is 0 Å². The molecule has 0 radical (unpaired) electrons. The van der Waals surface area contributed by atoms with Crippen LogP contribution in [0.3, 0.4) is 0 Å². The van der Waals surface area contributed by atoms with Crippen molar-refractivity contribution in [1.82, 2.24) is 0 Å². The number of hydrogen-bond donors (Lipinski definition) is 1. The fourth-order valence-electron chi connectivity index (χ4n) is 3.04. The Morgan fingerprint density at radius 3 is 2.19 bits per heavy atom. The SMILES string of the molecule is CCN(c1ccccc1)S(=O)(=O)c1cccc(C(=O)O[C@@H](C)C(=O)Nc2ccccc2)c1. The molecular weight excluding hydrogens is 428 g/mol. The van der Waals surface area contributed by atoms with Crippen LogP contribution in [-0.2, 0) is 19.6 Å². The first-order valence-electron chi connectivity index (χ1n) is 10.1. The van der Waals surface area contributed by atoms with Gasteiger partial charge in [-0.1, -0.05) is 42.5 Å². The molecule has 1 atom stereocenters. The summed E-state index contributed by atoms with van der Waals surface area (Å²) >= 11 is 0. The number of hydrogen-bond acceptors (Lipinski definition) is 5. The zero-order valence-corrected chi connectivity index (χ0v) is 18.6. The van der Waals surface area contributed by atoms with Crippen molar-refractivity contribution in [2.24, 2.45) is 0 Å². The van der Waals surface area contributed by atoms with Gasteiger partial charge in [-0.25, -0.2) is 13.2 Å². The molecule has 32 heavy (non-hydrogen) atoms. The summed E-state index contributed by atoms with van der Waals surface area (Å²) < 4.78 is 32.9. The molecule has 0 aromatic heterocycles. The third kappa shape index (κ3) is 5.33. The van der Waals surface area contributed by atoms with Gasteiger partial charge in [0.15, 0.2) is 6.10 Å². The van der Waals surface area contributed by atoms with E-state index in [2.05, 4.69) is 5.32 Å². The zero-order chi connectivity index (χ0) is 23.1. The Kier molecular flexibility index (Phi) is 7.27. The van der Waals surface area contributed by atoms with Gasteiger partial charge in [0.1, 0.15) is 0 Å². The third-order valence-corrected chi connectivity index (χ3v) is 6.58. The monoisotopic (exact) mass is 452 g/mol. The smallest absolute Gasteiger partial charge is 0.338 e. The Hall–Kier alpha value is -3.65. The number of nitrogens with zero attached hydrogens (tertiary/aromatic N) is 1. The normalized spacial score (nSPS) is 11.9. The fraction of sp³-hybridized carbons (Fsp3) is 0.167.